The van der Waals surface area contributed by atoms with Crippen LogP contribution in [0.2, 0.25) is 0 Å². The molecular weight excluding hydrogens is 388 g/mol. The number of aromatic nitrogens is 3. The molecule has 0 aliphatic carbocycles. The van der Waals surface area contributed by atoms with Gasteiger partial charge in [-0.05, 0) is 35.9 Å². The number of piperazine rings is 1. The number of H-pyrrole nitrogens is 1. The predicted molar refractivity (Wildman–Crippen MR) is 124 cm³/mol. The minimum Gasteiger partial charge on any atom is -0.397 e. The number of fused-ring (bicyclic) bond motifs is 1. The molecule has 7 heteroatoms. The maximum absolute atomic E-state index is 12.1. The highest BCUT2D eigenvalue weighted by Crippen LogP contribution is 2.31. The Morgan fingerprint density at radius 2 is 1.68 bits per heavy atom. The number of nitrogens with zero attached hydrogens (tertiary/aromatic N) is 4. The van der Waals surface area contributed by atoms with Crippen molar-refractivity contribution in [2.45, 2.75) is 6.54 Å². The predicted octanol–water partition coefficient (Wildman–Crippen LogP) is 2.89. The number of nitrogen functional groups attached to an aromatic ring is 1. The third-order valence-electron chi connectivity index (χ3n) is 5.87. The minimum absolute atomic E-state index is 0.187. The highest BCUT2D eigenvalue weighted by atomic mass is 16.1. The Morgan fingerprint density at radius 1 is 0.935 bits per heavy atom. The van der Waals surface area contributed by atoms with Crippen LogP contribution in [0, 0.1) is 0 Å². The van der Waals surface area contributed by atoms with Gasteiger partial charge in [0, 0.05) is 56.1 Å². The largest absolute Gasteiger partial charge is 0.397 e. The molecule has 0 radical (unpaired) electrons. The average molecular weight is 412 g/mol. The zero-order valence-electron chi connectivity index (χ0n) is 17.2. The van der Waals surface area contributed by atoms with E-state index < -0.39 is 0 Å². The molecule has 1 aliphatic rings. The van der Waals surface area contributed by atoms with E-state index in [1.165, 1.54) is 5.56 Å². The fraction of sp³-hybridized carbons (Fsp3) is 0.208. The molecule has 0 saturated carbocycles. The third kappa shape index (κ3) is 3.87. The normalized spacial score (nSPS) is 14.8. The van der Waals surface area contributed by atoms with Crippen molar-refractivity contribution in [1.82, 2.24) is 20.1 Å². The molecule has 2 aromatic heterocycles. The third-order valence-corrected chi connectivity index (χ3v) is 5.87. The van der Waals surface area contributed by atoms with Crippen molar-refractivity contribution in [3.63, 3.8) is 0 Å². The Bertz CT molecular complexity index is 1260. The summed E-state index contributed by atoms with van der Waals surface area (Å²) in [6.45, 7) is 4.75. The summed E-state index contributed by atoms with van der Waals surface area (Å²) in [5, 5.41) is 8.34. The SMILES string of the molecule is Nc1cc(-c2n[nH]c(=O)c3ccccc23)ccc1N1CCN(Cc2ccncc2)CC1. The smallest absolute Gasteiger partial charge is 0.272 e. The summed E-state index contributed by atoms with van der Waals surface area (Å²) in [5.41, 5.74) is 10.9. The molecule has 31 heavy (non-hydrogen) atoms. The van der Waals surface area contributed by atoms with Crippen LogP contribution in [0.3, 0.4) is 0 Å². The van der Waals surface area contributed by atoms with Crippen molar-refractivity contribution in [3.05, 3.63) is 82.9 Å². The topological polar surface area (TPSA) is 91.1 Å². The van der Waals surface area contributed by atoms with Crippen LogP contribution in [-0.2, 0) is 6.54 Å². The van der Waals surface area contributed by atoms with Crippen LogP contribution in [0.15, 0.2) is 71.8 Å². The van der Waals surface area contributed by atoms with Gasteiger partial charge in [0.05, 0.1) is 22.5 Å². The highest BCUT2D eigenvalue weighted by molar-refractivity contribution is 5.94. The quantitative estimate of drug-likeness (QED) is 0.501. The van der Waals surface area contributed by atoms with Gasteiger partial charge in [-0.1, -0.05) is 24.3 Å². The second-order valence-electron chi connectivity index (χ2n) is 7.84. The molecule has 1 aliphatic heterocycles. The van der Waals surface area contributed by atoms with Gasteiger partial charge in [0.1, 0.15) is 0 Å². The highest BCUT2D eigenvalue weighted by Gasteiger charge is 2.19. The van der Waals surface area contributed by atoms with Gasteiger partial charge in [-0.15, -0.1) is 0 Å². The van der Waals surface area contributed by atoms with Gasteiger partial charge in [0.15, 0.2) is 0 Å². The molecule has 2 aromatic carbocycles. The Hall–Kier alpha value is -3.71. The fourth-order valence-corrected chi connectivity index (χ4v) is 4.22. The van der Waals surface area contributed by atoms with E-state index in [9.17, 15) is 4.79 Å². The standard InChI is InChI=1S/C24H24N6O/c25-21-15-18(23-19-3-1-2-4-20(19)24(31)28-27-23)5-6-22(21)30-13-11-29(12-14-30)16-17-7-9-26-10-8-17/h1-10,15H,11-14,16,25H2,(H,28,31). The molecule has 0 spiro atoms. The van der Waals surface area contributed by atoms with E-state index in [0.717, 1.165) is 60.7 Å². The Kier molecular flexibility index (Phi) is 5.09. The molecule has 0 amide bonds. The number of aromatic amines is 1. The summed E-state index contributed by atoms with van der Waals surface area (Å²) in [6, 6.07) is 17.7. The Morgan fingerprint density at radius 3 is 2.42 bits per heavy atom. The number of anilines is 2. The summed E-state index contributed by atoms with van der Waals surface area (Å²) < 4.78 is 0. The van der Waals surface area contributed by atoms with E-state index in [1.54, 1.807) is 0 Å². The Labute approximate surface area is 180 Å². The van der Waals surface area contributed by atoms with Gasteiger partial charge in [0.2, 0.25) is 0 Å². The van der Waals surface area contributed by atoms with E-state index in [-0.39, 0.29) is 5.56 Å². The number of rotatable bonds is 4. The molecule has 1 fully saturated rings. The van der Waals surface area contributed by atoms with Gasteiger partial charge in [-0.2, -0.15) is 5.10 Å². The van der Waals surface area contributed by atoms with E-state index >= 15 is 0 Å². The van der Waals surface area contributed by atoms with E-state index in [2.05, 4.69) is 43.2 Å². The maximum Gasteiger partial charge on any atom is 0.272 e. The number of hydrogen-bond donors (Lipinski definition) is 2. The van der Waals surface area contributed by atoms with Crippen molar-refractivity contribution in [2.24, 2.45) is 0 Å². The lowest BCUT2D eigenvalue weighted by Gasteiger charge is -2.36. The van der Waals surface area contributed by atoms with Crippen molar-refractivity contribution in [1.29, 1.82) is 0 Å². The van der Waals surface area contributed by atoms with Crippen LogP contribution in [0.25, 0.3) is 22.0 Å². The summed E-state index contributed by atoms with van der Waals surface area (Å²) >= 11 is 0. The van der Waals surface area contributed by atoms with Gasteiger partial charge in [-0.3, -0.25) is 14.7 Å². The first-order chi connectivity index (χ1) is 15.2. The molecule has 0 atom stereocenters. The molecule has 4 aromatic rings. The number of nitrogens with two attached hydrogens (primary N) is 1. The molecular formula is C24H24N6O. The molecule has 7 nitrogen and oxygen atoms in total. The maximum atomic E-state index is 12.1. The summed E-state index contributed by atoms with van der Waals surface area (Å²) in [5.74, 6) is 0. The van der Waals surface area contributed by atoms with Crippen molar-refractivity contribution >= 4 is 22.1 Å². The fourth-order valence-electron chi connectivity index (χ4n) is 4.22. The number of pyridine rings is 1. The molecule has 1 saturated heterocycles. The Balaban J connectivity index is 1.34. The van der Waals surface area contributed by atoms with Crippen molar-refractivity contribution < 1.29 is 0 Å². The molecule has 3 N–H and O–H groups in total. The van der Waals surface area contributed by atoms with E-state index in [0.29, 0.717) is 5.39 Å². The van der Waals surface area contributed by atoms with Gasteiger partial charge >= 0.3 is 0 Å². The van der Waals surface area contributed by atoms with E-state index in [1.807, 2.05) is 48.8 Å². The second kappa shape index (κ2) is 8.20. The van der Waals surface area contributed by atoms with Gasteiger partial charge in [-0.25, -0.2) is 5.10 Å². The van der Waals surface area contributed by atoms with Crippen LogP contribution in [0.5, 0.6) is 0 Å². The summed E-state index contributed by atoms with van der Waals surface area (Å²) in [6.07, 6.45) is 3.68. The summed E-state index contributed by atoms with van der Waals surface area (Å²) in [4.78, 5) is 20.9. The lowest BCUT2D eigenvalue weighted by molar-refractivity contribution is 0.250. The lowest BCUT2D eigenvalue weighted by atomic mass is 10.0. The number of benzene rings is 2. The molecule has 5 rings (SSSR count). The molecule has 3 heterocycles. The second-order valence-corrected chi connectivity index (χ2v) is 7.84. The van der Waals surface area contributed by atoms with Crippen LogP contribution < -0.4 is 16.2 Å². The first-order valence-electron chi connectivity index (χ1n) is 10.4. The number of hydrogen-bond acceptors (Lipinski definition) is 6. The first kappa shape index (κ1) is 19.3. The summed E-state index contributed by atoms with van der Waals surface area (Å²) in [7, 11) is 0. The number of nitrogens with one attached hydrogen (secondary N) is 1. The minimum atomic E-state index is -0.187. The van der Waals surface area contributed by atoms with Gasteiger partial charge < -0.3 is 10.6 Å². The monoisotopic (exact) mass is 412 g/mol. The van der Waals surface area contributed by atoms with E-state index in [4.69, 9.17) is 5.73 Å². The van der Waals surface area contributed by atoms with Crippen molar-refractivity contribution in [2.75, 3.05) is 36.8 Å². The van der Waals surface area contributed by atoms with Crippen molar-refractivity contribution in [3.8, 4) is 11.3 Å². The van der Waals surface area contributed by atoms with Crippen LogP contribution >= 0.6 is 0 Å². The molecule has 156 valence electrons. The zero-order valence-corrected chi connectivity index (χ0v) is 17.2. The van der Waals surface area contributed by atoms with Gasteiger partial charge in [0.25, 0.3) is 5.56 Å². The average Bonchev–Trinajstić information content (AvgIpc) is 2.81. The zero-order chi connectivity index (χ0) is 21.2. The molecule has 0 unspecified atom stereocenters. The molecule has 0 bridgehead atoms. The van der Waals surface area contributed by atoms with Crippen LogP contribution in [0.1, 0.15) is 5.56 Å². The van der Waals surface area contributed by atoms with Crippen LogP contribution in [0.4, 0.5) is 11.4 Å². The lowest BCUT2D eigenvalue weighted by Crippen LogP contribution is -2.46. The first-order valence-corrected chi connectivity index (χ1v) is 10.4. The van der Waals surface area contributed by atoms with Crippen LogP contribution in [-0.4, -0.2) is 46.3 Å².